The zero-order valence-corrected chi connectivity index (χ0v) is 16.9. The number of likely N-dealkylation sites (tertiary alicyclic amines) is 1. The molecule has 28 heavy (non-hydrogen) atoms. The van der Waals surface area contributed by atoms with Crippen LogP contribution < -0.4 is 5.32 Å². The summed E-state index contributed by atoms with van der Waals surface area (Å²) in [5, 5.41) is 3.02. The molecule has 7 heteroatoms. The summed E-state index contributed by atoms with van der Waals surface area (Å²) in [4.78, 5) is 21.1. The Hall–Kier alpha value is -2.25. The van der Waals surface area contributed by atoms with E-state index in [-0.39, 0.29) is 17.6 Å². The van der Waals surface area contributed by atoms with Crippen LogP contribution in [0.15, 0.2) is 28.7 Å². The highest BCUT2D eigenvalue weighted by molar-refractivity contribution is 5.78. The van der Waals surface area contributed by atoms with E-state index in [0.717, 1.165) is 38.2 Å². The highest BCUT2D eigenvalue weighted by Crippen LogP contribution is 2.26. The lowest BCUT2D eigenvalue weighted by Crippen LogP contribution is -2.41. The third kappa shape index (κ3) is 5.17. The Balaban J connectivity index is 1.53. The molecular formula is C21H29FN4O2. The third-order valence-electron chi connectivity index (χ3n) is 5.19. The van der Waals surface area contributed by atoms with Gasteiger partial charge in [0.25, 0.3) is 0 Å². The van der Waals surface area contributed by atoms with Crippen molar-refractivity contribution < 1.29 is 13.6 Å². The number of halogens is 1. The van der Waals surface area contributed by atoms with E-state index in [4.69, 9.17) is 4.42 Å². The van der Waals surface area contributed by atoms with Gasteiger partial charge in [-0.1, -0.05) is 12.1 Å². The van der Waals surface area contributed by atoms with Crippen molar-refractivity contribution in [2.24, 2.45) is 5.92 Å². The van der Waals surface area contributed by atoms with Crippen LogP contribution in [0.4, 0.5) is 4.39 Å². The van der Waals surface area contributed by atoms with E-state index in [9.17, 15) is 9.18 Å². The van der Waals surface area contributed by atoms with Gasteiger partial charge in [0.15, 0.2) is 0 Å². The molecule has 0 aliphatic carbocycles. The first-order valence-corrected chi connectivity index (χ1v) is 9.80. The fourth-order valence-electron chi connectivity index (χ4n) is 3.44. The molecule has 2 aromatic rings. The number of hydrogen-bond donors (Lipinski definition) is 1. The average molecular weight is 388 g/mol. The molecule has 0 atom stereocenters. The smallest absolute Gasteiger partial charge is 0.229 e. The summed E-state index contributed by atoms with van der Waals surface area (Å²) in [7, 11) is 3.99. The standard InChI is InChI=1S/C21H29FN4O2/c1-15-19(24-21(28-15)17-6-4-5-7-18(17)22)14-26-11-8-16(9-12-26)20(27)23-10-13-25(2)3/h4-7,16H,8-14H2,1-3H3,(H,23,27). The van der Waals surface area contributed by atoms with Crippen molar-refractivity contribution >= 4 is 5.91 Å². The number of piperidine rings is 1. The number of nitrogens with one attached hydrogen (secondary N) is 1. The van der Waals surface area contributed by atoms with Crippen molar-refractivity contribution in [3.8, 4) is 11.5 Å². The molecule has 6 nitrogen and oxygen atoms in total. The first-order chi connectivity index (χ1) is 13.4. The van der Waals surface area contributed by atoms with Gasteiger partial charge in [0.2, 0.25) is 11.8 Å². The van der Waals surface area contributed by atoms with Crippen LogP contribution >= 0.6 is 0 Å². The van der Waals surface area contributed by atoms with Gasteiger partial charge < -0.3 is 14.6 Å². The number of rotatable bonds is 7. The lowest BCUT2D eigenvalue weighted by molar-refractivity contribution is -0.126. The molecule has 1 aromatic heterocycles. The maximum atomic E-state index is 14.0. The van der Waals surface area contributed by atoms with Crippen LogP contribution in [-0.4, -0.2) is 61.0 Å². The van der Waals surface area contributed by atoms with Crippen molar-refractivity contribution in [2.75, 3.05) is 40.3 Å². The highest BCUT2D eigenvalue weighted by Gasteiger charge is 2.26. The fraction of sp³-hybridized carbons (Fsp3) is 0.524. The van der Waals surface area contributed by atoms with Gasteiger partial charge in [0.05, 0.1) is 11.3 Å². The van der Waals surface area contributed by atoms with Crippen molar-refractivity contribution in [3.05, 3.63) is 41.5 Å². The molecule has 1 aliphatic rings. The summed E-state index contributed by atoms with van der Waals surface area (Å²) in [5.74, 6) is 0.922. The largest absolute Gasteiger partial charge is 0.441 e. The number of nitrogens with zero attached hydrogens (tertiary/aromatic N) is 3. The summed E-state index contributed by atoms with van der Waals surface area (Å²) in [6.07, 6.45) is 1.68. The first-order valence-electron chi connectivity index (χ1n) is 9.80. The second-order valence-corrected chi connectivity index (χ2v) is 7.65. The zero-order valence-electron chi connectivity index (χ0n) is 16.9. The lowest BCUT2D eigenvalue weighted by Gasteiger charge is -2.30. The summed E-state index contributed by atoms with van der Waals surface area (Å²) in [6, 6.07) is 6.50. The Morgan fingerprint density at radius 2 is 2.04 bits per heavy atom. The van der Waals surface area contributed by atoms with Crippen LogP contribution in [0, 0.1) is 18.7 Å². The summed E-state index contributed by atoms with van der Waals surface area (Å²) in [5.41, 5.74) is 1.21. The maximum Gasteiger partial charge on any atom is 0.229 e. The number of oxazole rings is 1. The number of benzene rings is 1. The quantitative estimate of drug-likeness (QED) is 0.790. The molecule has 1 amide bonds. The Morgan fingerprint density at radius 3 is 2.71 bits per heavy atom. The van der Waals surface area contributed by atoms with Crippen LogP contribution in [0.2, 0.25) is 0 Å². The second kappa shape index (κ2) is 9.30. The molecule has 0 saturated carbocycles. The van der Waals surface area contributed by atoms with Crippen molar-refractivity contribution in [3.63, 3.8) is 0 Å². The third-order valence-corrected chi connectivity index (χ3v) is 5.19. The molecule has 0 bridgehead atoms. The Bertz CT molecular complexity index is 797. The number of likely N-dealkylation sites (N-methyl/N-ethyl adjacent to an activating group) is 1. The van der Waals surface area contributed by atoms with Crippen molar-refractivity contribution in [1.82, 2.24) is 20.1 Å². The van der Waals surface area contributed by atoms with E-state index in [0.29, 0.717) is 30.3 Å². The molecular weight excluding hydrogens is 359 g/mol. The van der Waals surface area contributed by atoms with Crippen molar-refractivity contribution in [2.45, 2.75) is 26.3 Å². The van der Waals surface area contributed by atoms with Gasteiger partial charge in [-0.3, -0.25) is 9.69 Å². The first kappa shape index (κ1) is 20.5. The van der Waals surface area contributed by atoms with E-state index in [2.05, 4.69) is 20.1 Å². The maximum absolute atomic E-state index is 14.0. The van der Waals surface area contributed by atoms with Gasteiger partial charge in [-0.25, -0.2) is 9.37 Å². The van der Waals surface area contributed by atoms with Gasteiger partial charge in [0, 0.05) is 25.6 Å². The second-order valence-electron chi connectivity index (χ2n) is 7.65. The topological polar surface area (TPSA) is 61.6 Å². The van der Waals surface area contributed by atoms with Gasteiger partial charge in [0.1, 0.15) is 11.6 Å². The minimum Gasteiger partial charge on any atom is -0.441 e. The summed E-state index contributed by atoms with van der Waals surface area (Å²) in [6.45, 7) is 5.72. The SMILES string of the molecule is Cc1oc(-c2ccccc2F)nc1CN1CCC(C(=O)NCCN(C)C)CC1. The average Bonchev–Trinajstić information content (AvgIpc) is 3.02. The molecule has 1 fully saturated rings. The molecule has 1 aromatic carbocycles. The predicted octanol–water partition coefficient (Wildman–Crippen LogP) is 2.68. The summed E-state index contributed by atoms with van der Waals surface area (Å²) >= 11 is 0. The monoisotopic (exact) mass is 388 g/mol. The molecule has 1 N–H and O–H groups in total. The number of aromatic nitrogens is 1. The van der Waals surface area contributed by atoms with Crippen LogP contribution in [0.5, 0.6) is 0 Å². The molecule has 0 radical (unpaired) electrons. The van der Waals surface area contributed by atoms with Gasteiger partial charge in [-0.05, 0) is 59.1 Å². The van der Waals surface area contributed by atoms with Crippen LogP contribution in [0.1, 0.15) is 24.3 Å². The normalized spacial score (nSPS) is 15.9. The van der Waals surface area contributed by atoms with Crippen LogP contribution in [0.25, 0.3) is 11.5 Å². The lowest BCUT2D eigenvalue weighted by atomic mass is 9.96. The number of hydrogen-bond acceptors (Lipinski definition) is 5. The van der Waals surface area contributed by atoms with Crippen molar-refractivity contribution in [1.29, 1.82) is 0 Å². The minimum absolute atomic E-state index is 0.0748. The fourth-order valence-corrected chi connectivity index (χ4v) is 3.44. The van der Waals surface area contributed by atoms with Crippen LogP contribution in [0.3, 0.4) is 0 Å². The predicted molar refractivity (Wildman–Crippen MR) is 106 cm³/mol. The number of carbonyl (C=O) groups is 1. The van der Waals surface area contributed by atoms with Gasteiger partial charge in [-0.15, -0.1) is 0 Å². The minimum atomic E-state index is -0.337. The van der Waals surface area contributed by atoms with E-state index in [1.54, 1.807) is 18.2 Å². The number of amides is 1. The van der Waals surface area contributed by atoms with Gasteiger partial charge in [-0.2, -0.15) is 0 Å². The molecule has 152 valence electrons. The van der Waals surface area contributed by atoms with E-state index < -0.39 is 0 Å². The molecule has 0 unspecified atom stereocenters. The van der Waals surface area contributed by atoms with E-state index in [1.807, 2.05) is 21.0 Å². The molecule has 0 spiro atoms. The Labute approximate surface area is 165 Å². The Kier molecular flexibility index (Phi) is 6.80. The van der Waals surface area contributed by atoms with Crippen LogP contribution in [-0.2, 0) is 11.3 Å². The Morgan fingerprint density at radius 1 is 1.32 bits per heavy atom. The highest BCUT2D eigenvalue weighted by atomic mass is 19.1. The van der Waals surface area contributed by atoms with E-state index in [1.165, 1.54) is 6.07 Å². The molecule has 3 rings (SSSR count). The summed E-state index contributed by atoms with van der Waals surface area (Å²) < 4.78 is 19.7. The van der Waals surface area contributed by atoms with E-state index >= 15 is 0 Å². The number of carbonyl (C=O) groups excluding carboxylic acids is 1. The molecule has 1 aliphatic heterocycles. The molecule has 1 saturated heterocycles. The van der Waals surface area contributed by atoms with Gasteiger partial charge >= 0.3 is 0 Å². The zero-order chi connectivity index (χ0) is 20.1. The number of aryl methyl sites for hydroxylation is 1. The molecule has 2 heterocycles.